The fraction of sp³-hybridized carbons (Fsp3) is 0.889. The van der Waals surface area contributed by atoms with Crippen molar-refractivity contribution in [3.8, 4) is 0 Å². The Bertz CT molecular complexity index is 241. The first-order chi connectivity index (χ1) is 10.1. The fourth-order valence-corrected chi connectivity index (χ4v) is 2.35. The molecule has 0 spiro atoms. The molecule has 0 radical (unpaired) electrons. The molecule has 3 nitrogen and oxygen atoms in total. The molecule has 3 heteroatoms. The van der Waals surface area contributed by atoms with E-state index in [9.17, 15) is 10.2 Å². The molecule has 0 saturated carbocycles. The van der Waals surface area contributed by atoms with Gasteiger partial charge in [0.15, 0.2) is 0 Å². The van der Waals surface area contributed by atoms with Crippen molar-refractivity contribution >= 4 is 0 Å². The highest BCUT2D eigenvalue weighted by Gasteiger charge is 2.14. The number of hydrogen-bond acceptors (Lipinski definition) is 3. The Morgan fingerprint density at radius 1 is 0.905 bits per heavy atom. The minimum absolute atomic E-state index is 0.262. The van der Waals surface area contributed by atoms with Crippen LogP contribution in [-0.4, -0.2) is 28.5 Å². The van der Waals surface area contributed by atoms with Crippen molar-refractivity contribution in [3.63, 3.8) is 0 Å². The molecule has 126 valence electrons. The van der Waals surface area contributed by atoms with Crippen molar-refractivity contribution in [3.05, 3.63) is 12.2 Å². The van der Waals surface area contributed by atoms with Crippen LogP contribution in [0.3, 0.4) is 0 Å². The summed E-state index contributed by atoms with van der Waals surface area (Å²) in [6.07, 6.45) is 15.8. The van der Waals surface area contributed by atoms with E-state index in [-0.39, 0.29) is 6.04 Å². The smallest absolute Gasteiger partial charge is 0.0712 e. The van der Waals surface area contributed by atoms with Gasteiger partial charge in [0, 0.05) is 12.5 Å². The molecular formula is C18H37NO2. The molecule has 0 aromatic rings. The van der Waals surface area contributed by atoms with Crippen LogP contribution in [-0.2, 0) is 0 Å². The molecule has 0 bridgehead atoms. The molecule has 0 aromatic heterocycles. The predicted octanol–water partition coefficient (Wildman–Crippen LogP) is 3.92. The van der Waals surface area contributed by atoms with E-state index in [2.05, 4.69) is 19.1 Å². The van der Waals surface area contributed by atoms with Gasteiger partial charge in [0.25, 0.3) is 0 Å². The molecule has 3 atom stereocenters. The molecule has 0 unspecified atom stereocenters. The van der Waals surface area contributed by atoms with Crippen molar-refractivity contribution in [1.82, 2.24) is 0 Å². The summed E-state index contributed by atoms with van der Waals surface area (Å²) in [6.45, 7) is 4.01. The highest BCUT2D eigenvalue weighted by atomic mass is 16.3. The maximum absolute atomic E-state index is 9.78. The van der Waals surface area contributed by atoms with Gasteiger partial charge in [-0.3, -0.25) is 0 Å². The number of unbranched alkanes of at least 4 members (excludes halogenated alkanes) is 7. The average Bonchev–Trinajstić information content (AvgIpc) is 2.44. The third-order valence-electron chi connectivity index (χ3n) is 3.92. The largest absolute Gasteiger partial charge is 0.393 e. The SMILES string of the molecule is CCCCCC/C=C/CCCCC[C@H](O)C[C@H](O)[C@H](C)N. The predicted molar refractivity (Wildman–Crippen MR) is 91.3 cm³/mol. The molecule has 0 rings (SSSR count). The fourth-order valence-electron chi connectivity index (χ4n) is 2.35. The van der Waals surface area contributed by atoms with Gasteiger partial charge in [0.05, 0.1) is 12.2 Å². The highest BCUT2D eigenvalue weighted by Crippen LogP contribution is 2.11. The van der Waals surface area contributed by atoms with Gasteiger partial charge >= 0.3 is 0 Å². The maximum atomic E-state index is 9.78. The van der Waals surface area contributed by atoms with Gasteiger partial charge in [-0.05, 0) is 39.0 Å². The van der Waals surface area contributed by atoms with Gasteiger partial charge in [-0.15, -0.1) is 0 Å². The topological polar surface area (TPSA) is 66.5 Å². The minimum Gasteiger partial charge on any atom is -0.393 e. The number of nitrogens with two attached hydrogens (primary N) is 1. The first kappa shape index (κ1) is 20.6. The Labute approximate surface area is 131 Å². The molecule has 0 fully saturated rings. The Morgan fingerprint density at radius 3 is 2.00 bits per heavy atom. The van der Waals surface area contributed by atoms with Gasteiger partial charge < -0.3 is 15.9 Å². The first-order valence-corrected chi connectivity index (χ1v) is 8.84. The molecule has 0 aliphatic rings. The quantitative estimate of drug-likeness (QED) is 0.336. The standard InChI is InChI=1S/C18H37NO2/c1-3-4-5-6-7-8-9-10-11-12-13-14-17(20)15-18(21)16(2)19/h8-9,16-18,20-21H,3-7,10-15,19H2,1-2H3/b9-8+/t16-,17-,18-/m0/s1. The summed E-state index contributed by atoms with van der Waals surface area (Å²) >= 11 is 0. The zero-order valence-electron chi connectivity index (χ0n) is 14.1. The lowest BCUT2D eigenvalue weighted by molar-refractivity contribution is 0.0630. The van der Waals surface area contributed by atoms with Gasteiger partial charge in [-0.2, -0.15) is 0 Å². The molecule has 0 aromatic carbocycles. The third kappa shape index (κ3) is 14.3. The van der Waals surface area contributed by atoms with Crippen molar-refractivity contribution in [2.75, 3.05) is 0 Å². The Hall–Kier alpha value is -0.380. The van der Waals surface area contributed by atoms with Gasteiger partial charge in [-0.25, -0.2) is 0 Å². The van der Waals surface area contributed by atoms with Crippen LogP contribution in [0.2, 0.25) is 0 Å². The highest BCUT2D eigenvalue weighted by molar-refractivity contribution is 4.81. The average molecular weight is 299 g/mol. The summed E-state index contributed by atoms with van der Waals surface area (Å²) in [7, 11) is 0. The van der Waals surface area contributed by atoms with Crippen LogP contribution >= 0.6 is 0 Å². The van der Waals surface area contributed by atoms with Crippen LogP contribution in [0.5, 0.6) is 0 Å². The molecule has 0 aliphatic carbocycles. The summed E-state index contributed by atoms with van der Waals surface area (Å²) < 4.78 is 0. The number of rotatable bonds is 14. The van der Waals surface area contributed by atoms with Gasteiger partial charge in [0.2, 0.25) is 0 Å². The molecule has 21 heavy (non-hydrogen) atoms. The molecular weight excluding hydrogens is 262 g/mol. The zero-order valence-corrected chi connectivity index (χ0v) is 14.1. The second kappa shape index (κ2) is 14.6. The van der Waals surface area contributed by atoms with E-state index >= 15 is 0 Å². The Balaban J connectivity index is 3.33. The summed E-state index contributed by atoms with van der Waals surface area (Å²) in [5, 5.41) is 19.4. The number of aliphatic hydroxyl groups excluding tert-OH is 2. The summed E-state index contributed by atoms with van der Waals surface area (Å²) in [5.41, 5.74) is 5.58. The van der Waals surface area contributed by atoms with E-state index in [1.165, 1.54) is 38.5 Å². The minimum atomic E-state index is -0.587. The Kier molecular flexibility index (Phi) is 14.3. The van der Waals surface area contributed by atoms with Crippen molar-refractivity contribution in [2.45, 2.75) is 103 Å². The van der Waals surface area contributed by atoms with E-state index in [4.69, 9.17) is 5.73 Å². The monoisotopic (exact) mass is 299 g/mol. The van der Waals surface area contributed by atoms with Gasteiger partial charge in [-0.1, -0.05) is 51.2 Å². The molecule has 0 heterocycles. The van der Waals surface area contributed by atoms with Crippen LogP contribution < -0.4 is 5.73 Å². The lowest BCUT2D eigenvalue weighted by atomic mass is 10.0. The second-order valence-electron chi connectivity index (χ2n) is 6.27. The number of allylic oxidation sites excluding steroid dienone is 2. The second-order valence-corrected chi connectivity index (χ2v) is 6.27. The van der Waals surface area contributed by atoms with Crippen LogP contribution in [0.1, 0.15) is 84.5 Å². The zero-order chi connectivity index (χ0) is 15.9. The Morgan fingerprint density at radius 2 is 1.48 bits per heavy atom. The lowest BCUT2D eigenvalue weighted by Crippen LogP contribution is -2.34. The van der Waals surface area contributed by atoms with Gasteiger partial charge in [0.1, 0.15) is 0 Å². The first-order valence-electron chi connectivity index (χ1n) is 8.84. The summed E-state index contributed by atoms with van der Waals surface area (Å²) in [5.74, 6) is 0. The number of hydrogen-bond donors (Lipinski definition) is 3. The normalized spacial score (nSPS) is 16.2. The van der Waals surface area contributed by atoms with E-state index in [0.717, 1.165) is 25.7 Å². The molecule has 0 saturated heterocycles. The van der Waals surface area contributed by atoms with Crippen LogP contribution in [0.25, 0.3) is 0 Å². The van der Waals surface area contributed by atoms with Crippen LogP contribution in [0, 0.1) is 0 Å². The van der Waals surface area contributed by atoms with E-state index < -0.39 is 12.2 Å². The molecule has 4 N–H and O–H groups in total. The number of aliphatic hydroxyl groups is 2. The van der Waals surface area contributed by atoms with Crippen molar-refractivity contribution < 1.29 is 10.2 Å². The van der Waals surface area contributed by atoms with Crippen molar-refractivity contribution in [1.29, 1.82) is 0 Å². The summed E-state index contributed by atoms with van der Waals surface area (Å²) in [6, 6.07) is -0.262. The molecule has 0 amide bonds. The molecule has 0 aliphatic heterocycles. The lowest BCUT2D eigenvalue weighted by Gasteiger charge is -2.18. The van der Waals surface area contributed by atoms with Crippen LogP contribution in [0.4, 0.5) is 0 Å². The van der Waals surface area contributed by atoms with Crippen molar-refractivity contribution in [2.24, 2.45) is 5.73 Å². The third-order valence-corrected chi connectivity index (χ3v) is 3.92. The van der Waals surface area contributed by atoms with E-state index in [1.807, 2.05) is 0 Å². The summed E-state index contributed by atoms with van der Waals surface area (Å²) in [4.78, 5) is 0. The van der Waals surface area contributed by atoms with Crippen LogP contribution in [0.15, 0.2) is 12.2 Å². The maximum Gasteiger partial charge on any atom is 0.0712 e. The van der Waals surface area contributed by atoms with E-state index in [0.29, 0.717) is 6.42 Å². The van der Waals surface area contributed by atoms with E-state index in [1.54, 1.807) is 6.92 Å².